The molecule has 17 heteroatoms. The van der Waals surface area contributed by atoms with Crippen LogP contribution >= 0.6 is 0 Å². The Morgan fingerprint density at radius 1 is 0.615 bits per heavy atom. The van der Waals surface area contributed by atoms with Crippen molar-refractivity contribution < 1.29 is 43.4 Å². The minimum atomic E-state index is -1.49. The van der Waals surface area contributed by atoms with Crippen molar-refractivity contribution in [2.45, 2.75) is 147 Å². The molecule has 0 aliphatic rings. The summed E-state index contributed by atoms with van der Waals surface area (Å²) in [5.41, 5.74) is 11.2. The molecule has 0 spiro atoms. The van der Waals surface area contributed by atoms with E-state index in [-0.39, 0.29) is 31.7 Å². The molecule has 0 fully saturated rings. The van der Waals surface area contributed by atoms with E-state index in [1.807, 2.05) is 0 Å². The summed E-state index contributed by atoms with van der Waals surface area (Å²) in [4.78, 5) is 88.4. The summed E-state index contributed by atoms with van der Waals surface area (Å²) in [6, 6.07) is -6.18. The predicted molar refractivity (Wildman–Crippen MR) is 196 cm³/mol. The summed E-state index contributed by atoms with van der Waals surface area (Å²) in [5, 5.41) is 26.0. The summed E-state index contributed by atoms with van der Waals surface area (Å²) in [5.74, 6) is -5.66. The van der Waals surface area contributed by atoms with E-state index in [9.17, 15) is 38.7 Å². The average Bonchev–Trinajstić information content (AvgIpc) is 3.10. The predicted octanol–water partition coefficient (Wildman–Crippen LogP) is -0.829. The molecule has 0 aromatic carbocycles. The number of nitrogens with one attached hydrogen (secondary N) is 6. The minimum absolute atomic E-state index is 0.0205. The van der Waals surface area contributed by atoms with Crippen LogP contribution in [-0.4, -0.2) is 116 Å². The van der Waals surface area contributed by atoms with Gasteiger partial charge in [0.25, 0.3) is 5.78 Å². The van der Waals surface area contributed by atoms with Crippen LogP contribution in [0.1, 0.15) is 111 Å². The Morgan fingerprint density at radius 2 is 1.19 bits per heavy atom. The van der Waals surface area contributed by atoms with Crippen LogP contribution < -0.4 is 43.4 Å². The average molecular weight is 743 g/mol. The number of unbranched alkanes of at least 4 members (excludes halogenated alkanes) is 8. The first kappa shape index (κ1) is 48.3. The molecule has 5 amide bonds. The molecule has 0 aliphatic carbocycles. The van der Waals surface area contributed by atoms with Gasteiger partial charge in [0.15, 0.2) is 0 Å². The van der Waals surface area contributed by atoms with Gasteiger partial charge in [0, 0.05) is 13.0 Å². The number of carbonyl (C=O) groups excluding carboxylic acids is 7. The first-order valence-electron chi connectivity index (χ1n) is 18.7. The molecule has 17 nitrogen and oxygen atoms in total. The molecule has 0 unspecified atom stereocenters. The normalized spacial score (nSPS) is 14.5. The third-order valence-electron chi connectivity index (χ3n) is 8.38. The highest BCUT2D eigenvalue weighted by Crippen LogP contribution is 2.08. The van der Waals surface area contributed by atoms with Gasteiger partial charge in [-0.2, -0.15) is 0 Å². The summed E-state index contributed by atoms with van der Waals surface area (Å²) < 4.78 is 4.37. The molecular weight excluding hydrogens is 676 g/mol. The number of Topliss-reactive ketones (excluding diaryl/α,β-unsaturated/α-hetero) is 1. The zero-order valence-corrected chi connectivity index (χ0v) is 31.9. The van der Waals surface area contributed by atoms with Crippen LogP contribution in [0.25, 0.3) is 0 Å². The van der Waals surface area contributed by atoms with Crippen molar-refractivity contribution in [3.63, 3.8) is 0 Å². The van der Waals surface area contributed by atoms with Gasteiger partial charge in [0.2, 0.25) is 29.5 Å². The largest absolute Gasteiger partial charge is 0.463 e. The Morgan fingerprint density at radius 3 is 1.77 bits per heavy atom. The van der Waals surface area contributed by atoms with E-state index in [0.29, 0.717) is 25.9 Å². The van der Waals surface area contributed by atoms with E-state index in [1.54, 1.807) is 0 Å². The van der Waals surface area contributed by atoms with Gasteiger partial charge in [-0.3, -0.25) is 28.8 Å². The fourth-order valence-electron chi connectivity index (χ4n) is 5.16. The molecule has 0 rings (SSSR count). The van der Waals surface area contributed by atoms with E-state index in [1.165, 1.54) is 59.3 Å². The lowest BCUT2D eigenvalue weighted by atomic mass is 10.1. The van der Waals surface area contributed by atoms with Crippen molar-refractivity contribution in [2.75, 3.05) is 33.3 Å². The van der Waals surface area contributed by atoms with E-state index in [0.717, 1.165) is 26.5 Å². The molecule has 11 N–H and O–H groups in total. The van der Waals surface area contributed by atoms with Crippen LogP contribution in [0.3, 0.4) is 0 Å². The minimum Gasteiger partial charge on any atom is -0.463 e. The Balaban J connectivity index is 5.18. The van der Waals surface area contributed by atoms with Crippen LogP contribution in [0.4, 0.5) is 0 Å². The lowest BCUT2D eigenvalue weighted by Gasteiger charge is -2.26. The first-order valence-corrected chi connectivity index (χ1v) is 18.7. The fourth-order valence-corrected chi connectivity index (χ4v) is 5.16. The molecule has 0 heterocycles. The first-order chi connectivity index (χ1) is 24.7. The Hall–Kier alpha value is -3.67. The molecular formula is C35H66N8O9. The Bertz CT molecular complexity index is 1110. The molecule has 0 saturated heterocycles. The summed E-state index contributed by atoms with van der Waals surface area (Å²) in [6.07, 6.45) is 9.77. The van der Waals surface area contributed by atoms with Crippen molar-refractivity contribution in [1.82, 2.24) is 31.9 Å². The number of hydrogen-bond acceptors (Lipinski definition) is 12. The SMILES string of the molecule is CCCCCCCCCCNCCC(=O)N[C@@H](CCCCN)C(=O)N[C@H](C(=O)N[C@@H](C)C(=O)N[C@@H](CCN)C(=O)N[C@@H](C)C(=O)C(=O)OC)[C@@H](C)O. The van der Waals surface area contributed by atoms with Gasteiger partial charge in [-0.25, -0.2) is 4.79 Å². The van der Waals surface area contributed by atoms with Gasteiger partial charge in [-0.1, -0.05) is 51.9 Å². The fraction of sp³-hybridized carbons (Fsp3) is 0.800. The van der Waals surface area contributed by atoms with Crippen molar-refractivity contribution >= 4 is 41.3 Å². The maximum absolute atomic E-state index is 13.3. The van der Waals surface area contributed by atoms with Crippen LogP contribution in [0.2, 0.25) is 0 Å². The number of carbonyl (C=O) groups is 7. The second kappa shape index (κ2) is 28.9. The quantitative estimate of drug-likeness (QED) is 0.0248. The highest BCUT2D eigenvalue weighted by Gasteiger charge is 2.33. The lowest BCUT2D eigenvalue weighted by molar-refractivity contribution is -0.152. The number of aliphatic hydroxyl groups excluding tert-OH is 1. The van der Waals surface area contributed by atoms with Gasteiger partial charge < -0.3 is 53.2 Å². The number of aliphatic hydroxyl groups is 1. The number of esters is 1. The molecule has 0 aromatic rings. The summed E-state index contributed by atoms with van der Waals surface area (Å²) in [6.45, 7) is 7.69. The van der Waals surface area contributed by atoms with Crippen LogP contribution in [0.5, 0.6) is 0 Å². The van der Waals surface area contributed by atoms with E-state index in [4.69, 9.17) is 11.5 Å². The lowest BCUT2D eigenvalue weighted by Crippen LogP contribution is -2.60. The van der Waals surface area contributed by atoms with Crippen molar-refractivity contribution in [2.24, 2.45) is 11.5 Å². The number of nitrogens with two attached hydrogens (primary N) is 2. The zero-order valence-electron chi connectivity index (χ0n) is 31.9. The van der Waals surface area contributed by atoms with Crippen molar-refractivity contribution in [3.05, 3.63) is 0 Å². The van der Waals surface area contributed by atoms with E-state index < -0.39 is 71.7 Å². The Kier molecular flexibility index (Phi) is 26.8. The van der Waals surface area contributed by atoms with Crippen LogP contribution in [-0.2, 0) is 38.3 Å². The molecule has 52 heavy (non-hydrogen) atoms. The van der Waals surface area contributed by atoms with E-state index in [2.05, 4.69) is 43.6 Å². The molecule has 6 atom stereocenters. The third-order valence-corrected chi connectivity index (χ3v) is 8.38. The van der Waals surface area contributed by atoms with Gasteiger partial charge in [0.05, 0.1) is 19.3 Å². The number of rotatable bonds is 30. The number of ether oxygens (including phenoxy) is 1. The molecule has 0 saturated carbocycles. The van der Waals surface area contributed by atoms with Crippen LogP contribution in [0, 0.1) is 0 Å². The number of ketones is 1. The van der Waals surface area contributed by atoms with Crippen LogP contribution in [0.15, 0.2) is 0 Å². The van der Waals surface area contributed by atoms with Crippen molar-refractivity contribution in [1.29, 1.82) is 0 Å². The maximum Gasteiger partial charge on any atom is 0.376 e. The zero-order chi connectivity index (χ0) is 39.5. The highest BCUT2D eigenvalue weighted by atomic mass is 16.5. The molecule has 300 valence electrons. The molecule has 0 bridgehead atoms. The summed E-state index contributed by atoms with van der Waals surface area (Å²) >= 11 is 0. The topological polar surface area (TPSA) is 273 Å². The second-order valence-corrected chi connectivity index (χ2v) is 13.1. The number of hydrogen-bond donors (Lipinski definition) is 9. The van der Waals surface area contributed by atoms with Gasteiger partial charge in [0.1, 0.15) is 24.2 Å². The van der Waals surface area contributed by atoms with Gasteiger partial charge in [-0.15, -0.1) is 0 Å². The maximum atomic E-state index is 13.3. The second-order valence-electron chi connectivity index (χ2n) is 13.1. The number of amides is 5. The smallest absolute Gasteiger partial charge is 0.376 e. The molecule has 0 aliphatic heterocycles. The highest BCUT2D eigenvalue weighted by molar-refractivity contribution is 6.35. The Labute approximate surface area is 308 Å². The number of methoxy groups -OCH3 is 1. The standard InChI is InChI=1S/C35H66N8O9/c1-6-7-8-9-10-11-12-15-21-38-22-18-28(45)41-26(16-13-14-19-36)33(49)43-29(25(4)44)34(50)40-24(3)31(47)42-27(17-20-37)32(48)39-23(2)30(46)35(51)52-5/h23-27,29,38,44H,6-22,36-37H2,1-5H3,(H,39,48)(H,40,50)(H,41,45)(H,42,47)(H,43,49)/t23-,24-,25+,26-,27-,29-/m0/s1. The van der Waals surface area contributed by atoms with E-state index >= 15 is 0 Å². The third kappa shape index (κ3) is 21.0. The van der Waals surface area contributed by atoms with Crippen molar-refractivity contribution in [3.8, 4) is 0 Å². The van der Waals surface area contributed by atoms with Gasteiger partial charge in [-0.05, 0) is 72.5 Å². The van der Waals surface area contributed by atoms with Gasteiger partial charge >= 0.3 is 5.97 Å². The molecule has 0 aromatic heterocycles. The summed E-state index contributed by atoms with van der Waals surface area (Å²) in [7, 11) is 1.02. The molecule has 0 radical (unpaired) electrons. The monoisotopic (exact) mass is 742 g/mol.